The van der Waals surface area contributed by atoms with Crippen LogP contribution < -0.4 is 5.32 Å². The molecule has 1 aromatic carbocycles. The van der Waals surface area contributed by atoms with Crippen molar-refractivity contribution in [2.24, 2.45) is 0 Å². The van der Waals surface area contributed by atoms with Gasteiger partial charge in [0.2, 0.25) is 0 Å². The summed E-state index contributed by atoms with van der Waals surface area (Å²) in [5.41, 5.74) is 2.16. The van der Waals surface area contributed by atoms with Gasteiger partial charge in [-0.25, -0.2) is 19.3 Å². The number of rotatable bonds is 7. The molecule has 0 unspecified atom stereocenters. The Morgan fingerprint density at radius 1 is 1.12 bits per heavy atom. The van der Waals surface area contributed by atoms with E-state index in [1.165, 1.54) is 18.5 Å². The van der Waals surface area contributed by atoms with Gasteiger partial charge in [0.1, 0.15) is 24.1 Å². The first-order chi connectivity index (χ1) is 15.7. The Morgan fingerprint density at radius 3 is 2.78 bits per heavy atom. The average molecular weight is 438 g/mol. The number of hydrogen-bond acceptors (Lipinski definition) is 8. The summed E-state index contributed by atoms with van der Waals surface area (Å²) in [6.45, 7) is 2.19. The summed E-state index contributed by atoms with van der Waals surface area (Å²) in [7, 11) is 0. The number of aliphatic hydroxyl groups excluding tert-OH is 1. The number of benzene rings is 1. The summed E-state index contributed by atoms with van der Waals surface area (Å²) < 4.78 is 26.6. The summed E-state index contributed by atoms with van der Waals surface area (Å²) in [6, 6.07) is 10.1. The molecule has 0 amide bonds. The normalized spacial score (nSPS) is 19.4. The lowest BCUT2D eigenvalue weighted by atomic mass is 10.2. The third-order valence-corrected chi connectivity index (χ3v) is 5.43. The van der Waals surface area contributed by atoms with Crippen LogP contribution in [-0.4, -0.2) is 55.3 Å². The first-order valence-electron chi connectivity index (χ1n) is 10.4. The molecule has 166 valence electrons. The quantitative estimate of drug-likeness (QED) is 0.454. The number of aliphatic hydroxyl groups is 1. The molecule has 9 nitrogen and oxygen atoms in total. The number of halogens is 1. The fourth-order valence-electron chi connectivity index (χ4n) is 3.88. The van der Waals surface area contributed by atoms with Gasteiger partial charge >= 0.3 is 0 Å². The number of aromatic nitrogens is 4. The average Bonchev–Trinajstić information content (AvgIpc) is 3.48. The fourth-order valence-corrected chi connectivity index (χ4v) is 3.88. The standard InChI is InChI=1S/C22H23FN6O3/c23-16-5-3-15(4-6-16)8-24-21-20-22(26-13-25-21)29(14-27-20)19-11-28(10-18(12-30)32-19)9-17-2-1-7-31-17/h1-7,13-14,18-19,30H,8-12H2,(H,24,25,26)/t18-,19+/m0/s1. The minimum Gasteiger partial charge on any atom is -0.468 e. The summed E-state index contributed by atoms with van der Waals surface area (Å²) in [6.07, 6.45) is 4.09. The predicted molar refractivity (Wildman–Crippen MR) is 114 cm³/mol. The van der Waals surface area contributed by atoms with Crippen molar-refractivity contribution in [3.05, 3.63) is 72.5 Å². The van der Waals surface area contributed by atoms with Crippen molar-refractivity contribution in [2.45, 2.75) is 25.4 Å². The molecule has 4 aromatic rings. The van der Waals surface area contributed by atoms with E-state index in [2.05, 4.69) is 25.2 Å². The van der Waals surface area contributed by atoms with E-state index in [0.29, 0.717) is 43.2 Å². The highest BCUT2D eigenvalue weighted by molar-refractivity contribution is 5.82. The number of nitrogens with zero attached hydrogens (tertiary/aromatic N) is 5. The monoisotopic (exact) mass is 438 g/mol. The van der Waals surface area contributed by atoms with Gasteiger partial charge in [0.05, 0.1) is 31.8 Å². The van der Waals surface area contributed by atoms with Crippen LogP contribution in [0.5, 0.6) is 0 Å². The fraction of sp³-hybridized carbons (Fsp3) is 0.318. The Kier molecular flexibility index (Phi) is 5.80. The van der Waals surface area contributed by atoms with Crippen LogP contribution in [0.15, 0.2) is 59.7 Å². The molecule has 1 fully saturated rings. The van der Waals surface area contributed by atoms with Crippen molar-refractivity contribution in [3.63, 3.8) is 0 Å². The molecule has 1 aliphatic heterocycles. The van der Waals surface area contributed by atoms with Crippen LogP contribution in [0, 0.1) is 5.82 Å². The smallest absolute Gasteiger partial charge is 0.167 e. The Hall–Kier alpha value is -3.34. The van der Waals surface area contributed by atoms with Crippen molar-refractivity contribution in [2.75, 3.05) is 25.0 Å². The van der Waals surface area contributed by atoms with E-state index in [1.54, 1.807) is 24.7 Å². The van der Waals surface area contributed by atoms with Crippen LogP contribution in [0.2, 0.25) is 0 Å². The van der Waals surface area contributed by atoms with Crippen molar-refractivity contribution >= 4 is 17.0 Å². The number of ether oxygens (including phenoxy) is 1. The number of fused-ring (bicyclic) bond motifs is 1. The van der Waals surface area contributed by atoms with Gasteiger partial charge in [-0.15, -0.1) is 0 Å². The molecule has 3 aromatic heterocycles. The van der Waals surface area contributed by atoms with Crippen LogP contribution in [-0.2, 0) is 17.8 Å². The lowest BCUT2D eigenvalue weighted by Gasteiger charge is -2.37. The third-order valence-electron chi connectivity index (χ3n) is 5.43. The zero-order chi connectivity index (χ0) is 21.9. The second kappa shape index (κ2) is 9.03. The summed E-state index contributed by atoms with van der Waals surface area (Å²) in [5, 5.41) is 13.0. The van der Waals surface area contributed by atoms with E-state index in [-0.39, 0.29) is 24.8 Å². The molecular weight excluding hydrogens is 415 g/mol. The van der Waals surface area contributed by atoms with E-state index in [9.17, 15) is 9.50 Å². The van der Waals surface area contributed by atoms with Crippen LogP contribution in [0.1, 0.15) is 17.6 Å². The highest BCUT2D eigenvalue weighted by Gasteiger charge is 2.30. The van der Waals surface area contributed by atoms with Gasteiger partial charge in [-0.05, 0) is 29.8 Å². The topological polar surface area (TPSA) is 101 Å². The maximum absolute atomic E-state index is 13.1. The predicted octanol–water partition coefficient (Wildman–Crippen LogP) is 2.56. The number of hydrogen-bond donors (Lipinski definition) is 2. The molecule has 0 saturated carbocycles. The first-order valence-corrected chi connectivity index (χ1v) is 10.4. The van der Waals surface area contributed by atoms with Gasteiger partial charge in [0.25, 0.3) is 0 Å². The van der Waals surface area contributed by atoms with Crippen molar-refractivity contribution in [3.8, 4) is 0 Å². The van der Waals surface area contributed by atoms with E-state index in [1.807, 2.05) is 16.7 Å². The summed E-state index contributed by atoms with van der Waals surface area (Å²) in [5.74, 6) is 1.17. The van der Waals surface area contributed by atoms with E-state index < -0.39 is 0 Å². The molecule has 2 atom stereocenters. The molecule has 4 heterocycles. The molecule has 5 rings (SSSR count). The Balaban J connectivity index is 1.36. The van der Waals surface area contributed by atoms with Crippen LogP contribution in [0.25, 0.3) is 11.2 Å². The minimum atomic E-state index is -0.374. The molecule has 1 saturated heterocycles. The number of imidazole rings is 1. The number of morpholine rings is 1. The van der Waals surface area contributed by atoms with Crippen LogP contribution >= 0.6 is 0 Å². The minimum absolute atomic E-state index is 0.0861. The van der Waals surface area contributed by atoms with Crippen LogP contribution in [0.3, 0.4) is 0 Å². The lowest BCUT2D eigenvalue weighted by Crippen LogP contribution is -2.46. The molecule has 2 N–H and O–H groups in total. The summed E-state index contributed by atoms with van der Waals surface area (Å²) >= 11 is 0. The highest BCUT2D eigenvalue weighted by Crippen LogP contribution is 2.26. The second-order valence-corrected chi connectivity index (χ2v) is 7.70. The first kappa shape index (κ1) is 20.6. The van der Waals surface area contributed by atoms with Gasteiger partial charge in [0.15, 0.2) is 17.0 Å². The van der Waals surface area contributed by atoms with Gasteiger partial charge in [-0.1, -0.05) is 12.1 Å². The largest absolute Gasteiger partial charge is 0.468 e. The molecule has 10 heteroatoms. The molecular formula is C22H23FN6O3. The number of anilines is 1. The molecule has 0 aliphatic carbocycles. The van der Waals surface area contributed by atoms with Gasteiger partial charge in [0, 0.05) is 19.6 Å². The summed E-state index contributed by atoms with van der Waals surface area (Å²) in [4.78, 5) is 15.4. The molecule has 0 spiro atoms. The van der Waals surface area contributed by atoms with Crippen molar-refractivity contribution < 1.29 is 18.7 Å². The molecule has 0 bridgehead atoms. The van der Waals surface area contributed by atoms with Gasteiger partial charge < -0.3 is 19.6 Å². The lowest BCUT2D eigenvalue weighted by molar-refractivity contribution is -0.136. The van der Waals surface area contributed by atoms with Crippen molar-refractivity contribution in [1.82, 2.24) is 24.4 Å². The highest BCUT2D eigenvalue weighted by atomic mass is 19.1. The number of furan rings is 1. The van der Waals surface area contributed by atoms with E-state index >= 15 is 0 Å². The SMILES string of the molecule is OC[C@@H]1CN(Cc2ccco2)C[C@H](n2cnc3c(NCc4ccc(F)cc4)ncnc32)O1. The van der Waals surface area contributed by atoms with Crippen LogP contribution in [0.4, 0.5) is 10.2 Å². The van der Waals surface area contributed by atoms with Gasteiger partial charge in [-0.2, -0.15) is 0 Å². The zero-order valence-corrected chi connectivity index (χ0v) is 17.3. The maximum atomic E-state index is 13.1. The maximum Gasteiger partial charge on any atom is 0.167 e. The Labute approximate surface area is 183 Å². The molecule has 1 aliphatic rings. The zero-order valence-electron chi connectivity index (χ0n) is 17.3. The van der Waals surface area contributed by atoms with E-state index in [0.717, 1.165) is 11.3 Å². The van der Waals surface area contributed by atoms with E-state index in [4.69, 9.17) is 9.15 Å². The third kappa shape index (κ3) is 4.33. The Morgan fingerprint density at radius 2 is 2.00 bits per heavy atom. The molecule has 0 radical (unpaired) electrons. The van der Waals surface area contributed by atoms with Gasteiger partial charge in [-0.3, -0.25) is 9.47 Å². The molecule has 32 heavy (non-hydrogen) atoms. The second-order valence-electron chi connectivity index (χ2n) is 7.70. The number of nitrogens with one attached hydrogen (secondary N) is 1. The van der Waals surface area contributed by atoms with Crippen molar-refractivity contribution in [1.29, 1.82) is 0 Å². The Bertz CT molecular complexity index is 1160.